The lowest BCUT2D eigenvalue weighted by Gasteiger charge is -2.21. The number of nitrogens with zero attached hydrogens (tertiary/aromatic N) is 3. The zero-order chi connectivity index (χ0) is 10.1. The maximum Gasteiger partial charge on any atom is 0.180 e. The van der Waals surface area contributed by atoms with Gasteiger partial charge in [-0.15, -0.1) is 0 Å². The molecule has 1 atom stereocenters. The Labute approximate surface area is 87.3 Å². The predicted molar refractivity (Wildman–Crippen MR) is 56.3 cm³/mol. The number of H-pyrrole nitrogens is 1. The fourth-order valence-electron chi connectivity index (χ4n) is 2.03. The largest absolute Gasteiger partial charge is 0.338 e. The molecule has 5 heteroatoms. The molecular formula is C10H13N5. The van der Waals surface area contributed by atoms with Crippen molar-refractivity contribution in [3.63, 3.8) is 0 Å². The van der Waals surface area contributed by atoms with Crippen molar-refractivity contribution in [3.05, 3.63) is 18.3 Å². The summed E-state index contributed by atoms with van der Waals surface area (Å²) in [5.41, 5.74) is 1.67. The van der Waals surface area contributed by atoms with Gasteiger partial charge in [0, 0.05) is 0 Å². The van der Waals surface area contributed by atoms with E-state index in [9.17, 15) is 0 Å². The first-order chi connectivity index (χ1) is 7.43. The van der Waals surface area contributed by atoms with Crippen molar-refractivity contribution < 1.29 is 0 Å². The van der Waals surface area contributed by atoms with Crippen LogP contribution in [0.1, 0.15) is 31.1 Å². The van der Waals surface area contributed by atoms with Crippen LogP contribution in [-0.2, 0) is 0 Å². The number of hydrogen-bond acceptors (Lipinski definition) is 4. The molecule has 0 radical (unpaired) electrons. The van der Waals surface area contributed by atoms with Crippen molar-refractivity contribution in [1.82, 2.24) is 25.3 Å². The smallest absolute Gasteiger partial charge is 0.180 e. The van der Waals surface area contributed by atoms with E-state index in [1.54, 1.807) is 6.20 Å². The van der Waals surface area contributed by atoms with Gasteiger partial charge in [-0.3, -0.25) is 0 Å². The summed E-state index contributed by atoms with van der Waals surface area (Å²) in [6.07, 6.45) is 6.97. The first-order valence-corrected chi connectivity index (χ1v) is 5.32. The molecule has 15 heavy (non-hydrogen) atoms. The summed E-state index contributed by atoms with van der Waals surface area (Å²) in [4.78, 5) is 15.8. The van der Waals surface area contributed by atoms with Gasteiger partial charge in [-0.1, -0.05) is 6.42 Å². The van der Waals surface area contributed by atoms with Crippen LogP contribution in [0.15, 0.2) is 12.5 Å². The van der Waals surface area contributed by atoms with Gasteiger partial charge in [0.15, 0.2) is 5.65 Å². The van der Waals surface area contributed by atoms with Crippen LogP contribution in [0, 0.1) is 0 Å². The molecule has 0 amide bonds. The minimum absolute atomic E-state index is 0.355. The molecule has 2 aromatic rings. The number of aromatic amines is 1. The summed E-state index contributed by atoms with van der Waals surface area (Å²) in [7, 11) is 0. The SMILES string of the molecule is c1ncc2[nH]c([C@H]3CCCCN3)nc2n1. The lowest BCUT2D eigenvalue weighted by atomic mass is 10.0. The van der Waals surface area contributed by atoms with Gasteiger partial charge in [-0.05, 0) is 19.4 Å². The van der Waals surface area contributed by atoms with Crippen molar-refractivity contribution in [2.75, 3.05) is 6.54 Å². The Morgan fingerprint density at radius 3 is 3.13 bits per heavy atom. The van der Waals surface area contributed by atoms with Crippen LogP contribution < -0.4 is 5.32 Å². The van der Waals surface area contributed by atoms with E-state index in [2.05, 4.69) is 25.3 Å². The zero-order valence-corrected chi connectivity index (χ0v) is 8.40. The second kappa shape index (κ2) is 3.58. The predicted octanol–water partition coefficient (Wildman–Crippen LogP) is 1.17. The minimum Gasteiger partial charge on any atom is -0.338 e. The van der Waals surface area contributed by atoms with Crippen molar-refractivity contribution >= 4 is 11.2 Å². The van der Waals surface area contributed by atoms with Crippen LogP contribution in [-0.4, -0.2) is 26.5 Å². The third kappa shape index (κ3) is 1.59. The molecule has 0 unspecified atom stereocenters. The van der Waals surface area contributed by atoms with Crippen LogP contribution in [0.2, 0.25) is 0 Å². The molecular weight excluding hydrogens is 190 g/mol. The van der Waals surface area contributed by atoms with Gasteiger partial charge >= 0.3 is 0 Å². The number of nitrogens with one attached hydrogen (secondary N) is 2. The molecule has 0 bridgehead atoms. The molecule has 1 aliphatic heterocycles. The molecule has 5 nitrogen and oxygen atoms in total. The van der Waals surface area contributed by atoms with Gasteiger partial charge in [-0.25, -0.2) is 15.0 Å². The highest BCUT2D eigenvalue weighted by atomic mass is 15.1. The monoisotopic (exact) mass is 203 g/mol. The van der Waals surface area contributed by atoms with Crippen LogP contribution in [0.4, 0.5) is 0 Å². The molecule has 0 aliphatic carbocycles. The van der Waals surface area contributed by atoms with Gasteiger partial charge in [0.25, 0.3) is 0 Å². The summed E-state index contributed by atoms with van der Waals surface area (Å²) < 4.78 is 0. The summed E-state index contributed by atoms with van der Waals surface area (Å²) in [6, 6.07) is 0.355. The first kappa shape index (κ1) is 8.79. The Balaban J connectivity index is 1.96. The number of hydrogen-bond donors (Lipinski definition) is 2. The van der Waals surface area contributed by atoms with Gasteiger partial charge in [0.2, 0.25) is 0 Å². The average molecular weight is 203 g/mol. The minimum atomic E-state index is 0.355. The fourth-order valence-corrected chi connectivity index (χ4v) is 2.03. The summed E-state index contributed by atoms with van der Waals surface area (Å²) in [6.45, 7) is 1.08. The van der Waals surface area contributed by atoms with E-state index in [1.165, 1.54) is 19.2 Å². The topological polar surface area (TPSA) is 66.5 Å². The molecule has 78 valence electrons. The van der Waals surface area contributed by atoms with Crippen molar-refractivity contribution in [2.24, 2.45) is 0 Å². The number of imidazole rings is 1. The summed E-state index contributed by atoms with van der Waals surface area (Å²) in [5.74, 6) is 0.991. The van der Waals surface area contributed by atoms with E-state index in [1.807, 2.05) is 0 Å². The number of fused-ring (bicyclic) bond motifs is 1. The Hall–Kier alpha value is -1.49. The highest BCUT2D eigenvalue weighted by molar-refractivity contribution is 5.68. The quantitative estimate of drug-likeness (QED) is 0.730. The Morgan fingerprint density at radius 2 is 2.33 bits per heavy atom. The molecule has 2 aromatic heterocycles. The normalized spacial score (nSPS) is 22.0. The van der Waals surface area contributed by atoms with E-state index in [4.69, 9.17) is 0 Å². The molecule has 0 aromatic carbocycles. The first-order valence-electron chi connectivity index (χ1n) is 5.32. The Morgan fingerprint density at radius 1 is 1.33 bits per heavy atom. The lowest BCUT2D eigenvalue weighted by molar-refractivity contribution is 0.400. The van der Waals surface area contributed by atoms with Crippen molar-refractivity contribution in [3.8, 4) is 0 Å². The zero-order valence-electron chi connectivity index (χ0n) is 8.40. The number of rotatable bonds is 1. The molecule has 1 fully saturated rings. The molecule has 2 N–H and O–H groups in total. The van der Waals surface area contributed by atoms with Crippen LogP contribution >= 0.6 is 0 Å². The molecule has 0 spiro atoms. The van der Waals surface area contributed by atoms with Gasteiger partial charge in [0.05, 0.1) is 12.2 Å². The van der Waals surface area contributed by atoms with E-state index >= 15 is 0 Å². The van der Waals surface area contributed by atoms with E-state index in [-0.39, 0.29) is 0 Å². The Kier molecular flexibility index (Phi) is 2.10. The highest BCUT2D eigenvalue weighted by Gasteiger charge is 2.18. The van der Waals surface area contributed by atoms with E-state index in [0.29, 0.717) is 6.04 Å². The van der Waals surface area contributed by atoms with Gasteiger partial charge in [-0.2, -0.15) is 0 Å². The highest BCUT2D eigenvalue weighted by Crippen LogP contribution is 2.21. The van der Waals surface area contributed by atoms with Crippen molar-refractivity contribution in [1.29, 1.82) is 0 Å². The van der Waals surface area contributed by atoms with Crippen LogP contribution in [0.25, 0.3) is 11.2 Å². The molecule has 3 heterocycles. The molecule has 1 saturated heterocycles. The molecule has 0 saturated carbocycles. The van der Waals surface area contributed by atoms with Crippen molar-refractivity contribution in [2.45, 2.75) is 25.3 Å². The van der Waals surface area contributed by atoms with E-state index in [0.717, 1.165) is 30.0 Å². The van der Waals surface area contributed by atoms with Gasteiger partial charge in [0.1, 0.15) is 17.7 Å². The fraction of sp³-hybridized carbons (Fsp3) is 0.500. The second-order valence-electron chi connectivity index (χ2n) is 3.88. The maximum atomic E-state index is 4.47. The second-order valence-corrected chi connectivity index (χ2v) is 3.88. The van der Waals surface area contributed by atoms with E-state index < -0.39 is 0 Å². The molecule has 1 aliphatic rings. The number of piperidine rings is 1. The Bertz CT molecular complexity index is 425. The van der Waals surface area contributed by atoms with Crippen LogP contribution in [0.5, 0.6) is 0 Å². The molecule has 3 rings (SSSR count). The maximum absolute atomic E-state index is 4.47. The van der Waals surface area contributed by atoms with Crippen LogP contribution in [0.3, 0.4) is 0 Å². The third-order valence-corrected chi connectivity index (χ3v) is 2.82. The lowest BCUT2D eigenvalue weighted by Crippen LogP contribution is -2.27. The summed E-state index contributed by atoms with van der Waals surface area (Å²) in [5, 5.41) is 3.45. The number of aromatic nitrogens is 4. The third-order valence-electron chi connectivity index (χ3n) is 2.82. The standard InChI is InChI=1S/C10H13N5/c1-2-4-12-7(3-1)10-14-8-5-11-6-13-9(8)15-10/h5-7,12H,1-4H2,(H,11,13,14,15)/t7-/m1/s1. The average Bonchev–Trinajstić information content (AvgIpc) is 2.74. The summed E-state index contributed by atoms with van der Waals surface area (Å²) >= 11 is 0. The van der Waals surface area contributed by atoms with Gasteiger partial charge < -0.3 is 10.3 Å².